The molecule has 0 spiro atoms. The molecule has 3 aromatic rings. The second-order valence-corrected chi connectivity index (χ2v) is 8.05. The minimum absolute atomic E-state index is 0.220. The molecular weight excluding hydrogens is 432 g/mol. The summed E-state index contributed by atoms with van der Waals surface area (Å²) < 4.78 is 32.1. The topological polar surface area (TPSA) is 62.0 Å². The van der Waals surface area contributed by atoms with Crippen molar-refractivity contribution >= 4 is 0 Å². The van der Waals surface area contributed by atoms with E-state index in [-0.39, 0.29) is 25.8 Å². The highest BCUT2D eigenvalue weighted by molar-refractivity contribution is 5.65. The van der Waals surface area contributed by atoms with Gasteiger partial charge in [0.05, 0.1) is 26.4 Å². The van der Waals surface area contributed by atoms with Crippen molar-refractivity contribution in [2.45, 2.75) is 12.2 Å². The molecule has 0 aromatic heterocycles. The predicted molar refractivity (Wildman–Crippen MR) is 127 cm³/mol. The maximum Gasteiger partial charge on any atom is 0.189 e. The van der Waals surface area contributed by atoms with Crippen molar-refractivity contribution in [1.82, 2.24) is 0 Å². The van der Waals surface area contributed by atoms with E-state index in [4.69, 9.17) is 28.4 Å². The smallest absolute Gasteiger partial charge is 0.189 e. The molecule has 0 saturated carbocycles. The van der Waals surface area contributed by atoms with Gasteiger partial charge >= 0.3 is 0 Å². The second-order valence-electron chi connectivity index (χ2n) is 8.05. The highest BCUT2D eigenvalue weighted by atomic mass is 16.7. The van der Waals surface area contributed by atoms with E-state index in [1.54, 1.807) is 0 Å². The summed E-state index contributed by atoms with van der Waals surface area (Å²) in [5, 5.41) is 0. The molecule has 2 atom stereocenters. The molecule has 2 saturated heterocycles. The fourth-order valence-electron chi connectivity index (χ4n) is 3.18. The third-order valence-corrected chi connectivity index (χ3v) is 5.31. The Hall–Kier alpha value is -3.34. The first-order valence-electron chi connectivity index (χ1n) is 11.3. The number of ether oxygens (including phenoxy) is 6. The van der Waals surface area contributed by atoms with Gasteiger partial charge in [-0.2, -0.15) is 0 Å². The average molecular weight is 459 g/mol. The van der Waals surface area contributed by atoms with Crippen molar-refractivity contribution in [1.29, 1.82) is 0 Å². The van der Waals surface area contributed by atoms with E-state index in [0.717, 1.165) is 47.0 Å². The Balaban J connectivity index is 1.09. The summed E-state index contributed by atoms with van der Waals surface area (Å²) >= 11 is 0. The van der Waals surface area contributed by atoms with Crippen LogP contribution in [0.15, 0.2) is 72.8 Å². The Morgan fingerprint density at radius 2 is 0.971 bits per heavy atom. The molecule has 2 aliphatic rings. The summed E-state index contributed by atoms with van der Waals surface area (Å²) in [7, 11) is 0. The Morgan fingerprint density at radius 3 is 1.41 bits per heavy atom. The lowest BCUT2D eigenvalue weighted by molar-refractivity contribution is 0.00810. The first-order chi connectivity index (χ1) is 16.8. The summed E-state index contributed by atoms with van der Waals surface area (Å²) in [5.41, 5.74) is 4.11. The summed E-state index contributed by atoms with van der Waals surface area (Å²) in [6, 6.07) is 23.8. The molecule has 174 valence electrons. The van der Waals surface area contributed by atoms with Crippen LogP contribution < -0.4 is 9.47 Å². The average Bonchev–Trinajstić information content (AvgIpc) is 3.81. The van der Waals surface area contributed by atoms with Crippen LogP contribution in [-0.4, -0.2) is 52.2 Å². The van der Waals surface area contributed by atoms with Crippen LogP contribution in [0.5, 0.6) is 11.5 Å². The van der Waals surface area contributed by atoms with Gasteiger partial charge in [0.1, 0.15) is 23.7 Å². The van der Waals surface area contributed by atoms with Crippen LogP contribution in [0.4, 0.5) is 0 Å². The van der Waals surface area contributed by atoms with Gasteiger partial charge < -0.3 is 28.4 Å². The predicted octanol–water partition coefficient (Wildman–Crippen LogP) is 4.26. The number of hydrogen-bond acceptors (Lipinski definition) is 6. The van der Waals surface area contributed by atoms with Crippen LogP contribution in [0.25, 0.3) is 11.1 Å². The fraction of sp³-hybridized carbons (Fsp3) is 0.286. The maximum absolute atomic E-state index is 5.60. The van der Waals surface area contributed by atoms with Gasteiger partial charge in [-0.15, -0.1) is 0 Å². The number of epoxide rings is 2. The van der Waals surface area contributed by atoms with E-state index in [0.29, 0.717) is 13.2 Å². The van der Waals surface area contributed by atoms with Crippen LogP contribution in [0.3, 0.4) is 0 Å². The highest BCUT2D eigenvalue weighted by Crippen LogP contribution is 2.23. The Labute approximate surface area is 199 Å². The lowest BCUT2D eigenvalue weighted by Gasteiger charge is -2.07. The second kappa shape index (κ2) is 11.2. The highest BCUT2D eigenvalue weighted by Gasteiger charge is 2.22. The van der Waals surface area contributed by atoms with Gasteiger partial charge in [-0.05, 0) is 59.7 Å². The fourth-order valence-corrected chi connectivity index (χ4v) is 3.18. The minimum atomic E-state index is 0.220. The molecule has 2 aliphatic heterocycles. The van der Waals surface area contributed by atoms with E-state index in [9.17, 15) is 0 Å². The maximum atomic E-state index is 5.60. The zero-order valence-electron chi connectivity index (χ0n) is 18.8. The first kappa shape index (κ1) is 22.5. The quantitative estimate of drug-likeness (QED) is 0.185. The normalized spacial score (nSPS) is 18.0. The molecule has 0 aliphatic carbocycles. The van der Waals surface area contributed by atoms with Gasteiger partial charge in [0, 0.05) is 11.1 Å². The van der Waals surface area contributed by atoms with Crippen LogP contribution in [0.2, 0.25) is 0 Å². The van der Waals surface area contributed by atoms with Gasteiger partial charge in [-0.3, -0.25) is 0 Å². The minimum Gasteiger partial charge on any atom is -0.468 e. The lowest BCUT2D eigenvalue weighted by atomic mass is 10.0. The number of hydrogen-bond donors (Lipinski definition) is 0. The third-order valence-electron chi connectivity index (χ3n) is 5.31. The van der Waals surface area contributed by atoms with Crippen LogP contribution >= 0.6 is 0 Å². The monoisotopic (exact) mass is 458 g/mol. The molecule has 0 radical (unpaired) electrons. The van der Waals surface area contributed by atoms with E-state index >= 15 is 0 Å². The molecule has 6 nitrogen and oxygen atoms in total. The van der Waals surface area contributed by atoms with Crippen molar-refractivity contribution in [2.24, 2.45) is 0 Å². The van der Waals surface area contributed by atoms with Gasteiger partial charge in [0.15, 0.2) is 13.6 Å². The Morgan fingerprint density at radius 1 is 0.588 bits per heavy atom. The van der Waals surface area contributed by atoms with E-state index in [2.05, 4.69) is 24.0 Å². The zero-order valence-corrected chi connectivity index (χ0v) is 18.8. The summed E-state index contributed by atoms with van der Waals surface area (Å²) in [6.07, 6.45) is 0.491. The van der Waals surface area contributed by atoms with E-state index in [1.807, 2.05) is 60.7 Å². The number of benzene rings is 3. The molecule has 5 rings (SSSR count). The lowest BCUT2D eigenvalue weighted by Crippen LogP contribution is -2.07. The van der Waals surface area contributed by atoms with Gasteiger partial charge in [0.2, 0.25) is 0 Å². The standard InChI is InChI=1S/C28H26O6/c1(2-22-5-11-25(12-6-22)33-19-29-15-27-17-31-27)21-3-7-23(8-4-21)24-9-13-26(14-10-24)34-20-30-16-28-18-32-28/h3-14,27-28H,15-20H2. The summed E-state index contributed by atoms with van der Waals surface area (Å²) in [6.45, 7) is 3.18. The summed E-state index contributed by atoms with van der Waals surface area (Å²) in [5.74, 6) is 7.93. The van der Waals surface area contributed by atoms with Gasteiger partial charge in [-0.25, -0.2) is 0 Å². The largest absolute Gasteiger partial charge is 0.468 e. The molecule has 0 N–H and O–H groups in total. The molecule has 2 heterocycles. The molecule has 0 amide bonds. The van der Waals surface area contributed by atoms with Crippen LogP contribution in [-0.2, 0) is 18.9 Å². The van der Waals surface area contributed by atoms with Crippen LogP contribution in [0, 0.1) is 11.8 Å². The molecule has 2 fully saturated rings. The van der Waals surface area contributed by atoms with Crippen molar-refractivity contribution in [2.75, 3.05) is 40.0 Å². The van der Waals surface area contributed by atoms with Crippen molar-refractivity contribution in [3.8, 4) is 34.5 Å². The Kier molecular flexibility index (Phi) is 7.39. The molecule has 3 aromatic carbocycles. The van der Waals surface area contributed by atoms with Gasteiger partial charge in [-0.1, -0.05) is 36.1 Å². The SMILES string of the molecule is C(#Cc1ccc(-c2ccc(OCOCC3CO3)cc2)cc1)c1ccc(OCOCC2CO2)cc1. The third kappa shape index (κ3) is 7.08. The van der Waals surface area contributed by atoms with Crippen molar-refractivity contribution in [3.05, 3.63) is 83.9 Å². The summed E-state index contributed by atoms with van der Waals surface area (Å²) in [4.78, 5) is 0. The number of rotatable bonds is 11. The van der Waals surface area contributed by atoms with Gasteiger partial charge in [0.25, 0.3) is 0 Å². The molecule has 34 heavy (non-hydrogen) atoms. The van der Waals surface area contributed by atoms with E-state index in [1.165, 1.54) is 0 Å². The first-order valence-corrected chi connectivity index (χ1v) is 11.3. The molecule has 0 bridgehead atoms. The van der Waals surface area contributed by atoms with Crippen LogP contribution in [0.1, 0.15) is 11.1 Å². The molecular formula is C28H26O6. The van der Waals surface area contributed by atoms with Crippen molar-refractivity contribution < 1.29 is 28.4 Å². The van der Waals surface area contributed by atoms with E-state index < -0.39 is 0 Å². The molecule has 2 unspecified atom stereocenters. The Bertz CT molecular complexity index is 1100. The van der Waals surface area contributed by atoms with Crippen molar-refractivity contribution in [3.63, 3.8) is 0 Å². The molecule has 6 heteroatoms. The zero-order chi connectivity index (χ0) is 23.0.